The van der Waals surface area contributed by atoms with Gasteiger partial charge in [0.1, 0.15) is 0 Å². The lowest BCUT2D eigenvalue weighted by molar-refractivity contribution is -0.253. The SMILES string of the molecule is COc1cc2c(cc1OC)CN(C[C@H]1C[C@@H](c3ccc(CO)cc3)O[C@@H](c3ccc(-c4cccc(CNC(=O)c5cccnc5)c4)cc3)O1)CC2. The van der Waals surface area contributed by atoms with Gasteiger partial charge in [-0.1, -0.05) is 66.7 Å². The lowest BCUT2D eigenvalue weighted by Gasteiger charge is -2.39. The number of nitrogens with one attached hydrogen (secondary N) is 1. The molecule has 4 aromatic carbocycles. The van der Waals surface area contributed by atoms with Gasteiger partial charge in [-0.05, 0) is 75.7 Å². The highest BCUT2D eigenvalue weighted by atomic mass is 16.7. The van der Waals surface area contributed by atoms with E-state index in [1.165, 1.54) is 11.1 Å². The highest BCUT2D eigenvalue weighted by molar-refractivity contribution is 5.93. The van der Waals surface area contributed by atoms with Crippen molar-refractivity contribution in [3.05, 3.63) is 148 Å². The third-order valence-corrected chi connectivity index (χ3v) is 9.69. The van der Waals surface area contributed by atoms with Crippen molar-refractivity contribution in [2.24, 2.45) is 0 Å². The molecular weight excluding hydrogens is 642 g/mol. The molecule has 2 N–H and O–H groups in total. The summed E-state index contributed by atoms with van der Waals surface area (Å²) in [6, 6.07) is 32.2. The number of nitrogens with zero attached hydrogens (tertiary/aromatic N) is 2. The molecule has 0 spiro atoms. The summed E-state index contributed by atoms with van der Waals surface area (Å²) in [4.78, 5) is 19.0. The van der Waals surface area contributed by atoms with Crippen LogP contribution in [0.1, 0.15) is 62.6 Å². The van der Waals surface area contributed by atoms with Gasteiger partial charge in [0.25, 0.3) is 5.91 Å². The topological polar surface area (TPSA) is 102 Å². The number of amides is 1. The van der Waals surface area contributed by atoms with Crippen LogP contribution in [0, 0.1) is 0 Å². The van der Waals surface area contributed by atoms with Gasteiger partial charge in [0.2, 0.25) is 0 Å². The van der Waals surface area contributed by atoms with Crippen LogP contribution in [-0.2, 0) is 35.6 Å². The van der Waals surface area contributed by atoms with Crippen LogP contribution in [-0.4, -0.2) is 54.3 Å². The third kappa shape index (κ3) is 8.13. The molecule has 9 nitrogen and oxygen atoms in total. The second kappa shape index (κ2) is 15.9. The molecule has 3 atom stereocenters. The fourth-order valence-corrected chi connectivity index (χ4v) is 6.89. The molecule has 1 saturated heterocycles. The van der Waals surface area contributed by atoms with Crippen molar-refractivity contribution in [3.63, 3.8) is 0 Å². The van der Waals surface area contributed by atoms with E-state index in [1.807, 2.05) is 36.4 Å². The van der Waals surface area contributed by atoms with Crippen LogP contribution in [0.25, 0.3) is 11.1 Å². The van der Waals surface area contributed by atoms with E-state index in [1.54, 1.807) is 38.7 Å². The minimum atomic E-state index is -0.546. The average molecular weight is 686 g/mol. The zero-order valence-corrected chi connectivity index (χ0v) is 29.0. The van der Waals surface area contributed by atoms with Gasteiger partial charge >= 0.3 is 0 Å². The number of methoxy groups -OCH3 is 2. The number of benzene rings is 4. The van der Waals surface area contributed by atoms with Gasteiger partial charge in [0.05, 0.1) is 38.6 Å². The quantitative estimate of drug-likeness (QED) is 0.157. The number of fused-ring (bicyclic) bond motifs is 1. The summed E-state index contributed by atoms with van der Waals surface area (Å²) in [6.45, 7) is 2.90. The molecule has 5 aromatic rings. The normalized spacial score (nSPS) is 18.8. The highest BCUT2D eigenvalue weighted by Crippen LogP contribution is 2.40. The Balaban J connectivity index is 1.06. The fourth-order valence-electron chi connectivity index (χ4n) is 6.89. The molecule has 2 aliphatic heterocycles. The first-order valence-electron chi connectivity index (χ1n) is 17.3. The lowest BCUT2D eigenvalue weighted by Crippen LogP contribution is -2.41. The molecule has 0 unspecified atom stereocenters. The van der Waals surface area contributed by atoms with E-state index < -0.39 is 6.29 Å². The Morgan fingerprint density at radius 2 is 1.63 bits per heavy atom. The Kier molecular flexibility index (Phi) is 10.7. The molecule has 51 heavy (non-hydrogen) atoms. The van der Waals surface area contributed by atoms with Crippen LogP contribution in [0.5, 0.6) is 11.5 Å². The number of carbonyl (C=O) groups excluding carboxylic acids is 1. The third-order valence-electron chi connectivity index (χ3n) is 9.69. The predicted molar refractivity (Wildman–Crippen MR) is 194 cm³/mol. The van der Waals surface area contributed by atoms with E-state index in [4.69, 9.17) is 18.9 Å². The van der Waals surface area contributed by atoms with E-state index in [0.717, 1.165) is 70.9 Å². The Morgan fingerprint density at radius 1 is 0.863 bits per heavy atom. The number of rotatable bonds is 11. The number of aliphatic hydroxyl groups excluding tert-OH is 1. The van der Waals surface area contributed by atoms with Crippen LogP contribution >= 0.6 is 0 Å². The van der Waals surface area contributed by atoms with Gasteiger partial charge in [-0.25, -0.2) is 0 Å². The Bertz CT molecular complexity index is 1930. The van der Waals surface area contributed by atoms with Crippen molar-refractivity contribution in [2.75, 3.05) is 27.3 Å². The highest BCUT2D eigenvalue weighted by Gasteiger charge is 2.34. The molecule has 2 aliphatic rings. The summed E-state index contributed by atoms with van der Waals surface area (Å²) in [5, 5.41) is 12.6. The summed E-state index contributed by atoms with van der Waals surface area (Å²) in [6.07, 6.45) is 4.08. The van der Waals surface area contributed by atoms with Crippen LogP contribution in [0.2, 0.25) is 0 Å². The van der Waals surface area contributed by atoms with E-state index >= 15 is 0 Å². The molecule has 7 rings (SSSR count). The van der Waals surface area contributed by atoms with Crippen molar-refractivity contribution in [1.29, 1.82) is 0 Å². The van der Waals surface area contributed by atoms with Gasteiger partial charge in [-0.3, -0.25) is 14.7 Å². The number of hydrogen-bond donors (Lipinski definition) is 2. The van der Waals surface area contributed by atoms with Crippen LogP contribution in [0.3, 0.4) is 0 Å². The zero-order valence-electron chi connectivity index (χ0n) is 29.0. The zero-order chi connectivity index (χ0) is 35.2. The molecule has 1 aromatic heterocycles. The molecular formula is C42H43N3O6. The van der Waals surface area contributed by atoms with Crippen LogP contribution in [0.15, 0.2) is 109 Å². The van der Waals surface area contributed by atoms with E-state index in [-0.39, 0.29) is 24.7 Å². The van der Waals surface area contributed by atoms with Crippen molar-refractivity contribution in [2.45, 2.75) is 51.0 Å². The molecule has 0 radical (unpaired) electrons. The number of hydrogen-bond acceptors (Lipinski definition) is 8. The first kappa shape index (κ1) is 34.4. The van der Waals surface area contributed by atoms with Gasteiger partial charge in [0.15, 0.2) is 17.8 Å². The number of pyridine rings is 1. The second-order valence-corrected chi connectivity index (χ2v) is 13.1. The van der Waals surface area contributed by atoms with Crippen molar-refractivity contribution in [1.82, 2.24) is 15.2 Å². The molecule has 262 valence electrons. The van der Waals surface area contributed by atoms with Gasteiger partial charge < -0.3 is 29.4 Å². The molecule has 3 heterocycles. The Hall–Kier alpha value is -5.06. The van der Waals surface area contributed by atoms with E-state index in [0.29, 0.717) is 18.5 Å². The largest absolute Gasteiger partial charge is 0.493 e. The number of aromatic nitrogens is 1. The first-order chi connectivity index (χ1) is 25.0. The molecule has 1 fully saturated rings. The van der Waals surface area contributed by atoms with E-state index in [9.17, 15) is 9.90 Å². The molecule has 9 heteroatoms. The summed E-state index contributed by atoms with van der Waals surface area (Å²) >= 11 is 0. The number of aliphatic hydroxyl groups is 1. The minimum absolute atomic E-state index is 0.00253. The lowest BCUT2D eigenvalue weighted by atomic mass is 9.96. The number of carbonyl (C=O) groups is 1. The minimum Gasteiger partial charge on any atom is -0.493 e. The maximum absolute atomic E-state index is 12.5. The van der Waals surface area contributed by atoms with Crippen molar-refractivity contribution in [3.8, 4) is 22.6 Å². The Labute approximate surface area is 298 Å². The second-order valence-electron chi connectivity index (χ2n) is 13.1. The predicted octanol–water partition coefficient (Wildman–Crippen LogP) is 6.79. The average Bonchev–Trinajstić information content (AvgIpc) is 3.19. The van der Waals surface area contributed by atoms with Gasteiger partial charge in [0, 0.05) is 50.6 Å². The Morgan fingerprint density at radius 3 is 2.35 bits per heavy atom. The smallest absolute Gasteiger partial charge is 0.253 e. The summed E-state index contributed by atoms with van der Waals surface area (Å²) in [5.74, 6) is 1.35. The summed E-state index contributed by atoms with van der Waals surface area (Å²) in [5.41, 5.74) is 9.06. The molecule has 0 saturated carbocycles. The van der Waals surface area contributed by atoms with Gasteiger partial charge in [-0.15, -0.1) is 0 Å². The maximum atomic E-state index is 12.5. The van der Waals surface area contributed by atoms with Crippen molar-refractivity contribution < 1.29 is 28.8 Å². The summed E-state index contributed by atoms with van der Waals surface area (Å²) < 4.78 is 24.5. The monoisotopic (exact) mass is 685 g/mol. The maximum Gasteiger partial charge on any atom is 0.253 e. The van der Waals surface area contributed by atoms with Gasteiger partial charge in [-0.2, -0.15) is 0 Å². The number of ether oxygens (including phenoxy) is 4. The molecule has 0 bridgehead atoms. The fraction of sp³-hybridized carbons (Fsp3) is 0.286. The summed E-state index contributed by atoms with van der Waals surface area (Å²) in [7, 11) is 3.34. The van der Waals surface area contributed by atoms with Crippen LogP contribution < -0.4 is 14.8 Å². The standard InChI is InChI=1S/C42H43N3O6/c1-48-39-20-34-16-18-45(25-36(34)21-40(39)49-2)26-37-22-38(31-10-8-28(27-46)9-11-31)51-42(50-37)32-14-12-30(13-15-32)33-6-3-5-29(19-33)23-44-41(47)35-7-4-17-43-24-35/h3-15,17,19-21,24,37-38,42,46H,16,18,22-23,25-27H2,1-2H3,(H,44,47)/t37-,38+,42+/m1/s1. The van der Waals surface area contributed by atoms with Crippen molar-refractivity contribution >= 4 is 5.91 Å². The molecule has 1 amide bonds. The first-order valence-corrected chi connectivity index (χ1v) is 17.3. The van der Waals surface area contributed by atoms with E-state index in [2.05, 4.69) is 63.7 Å². The molecule has 0 aliphatic carbocycles. The van der Waals surface area contributed by atoms with Crippen LogP contribution in [0.4, 0.5) is 0 Å².